The van der Waals surface area contributed by atoms with E-state index in [2.05, 4.69) is 4.98 Å². The van der Waals surface area contributed by atoms with Crippen molar-refractivity contribution in [2.45, 2.75) is 13.8 Å². The van der Waals surface area contributed by atoms with E-state index in [9.17, 15) is 9.18 Å². The molecule has 4 nitrogen and oxygen atoms in total. The summed E-state index contributed by atoms with van der Waals surface area (Å²) < 4.78 is 18.9. The Balaban J connectivity index is 2.45. The Bertz CT molecular complexity index is 641. The van der Waals surface area contributed by atoms with E-state index in [-0.39, 0.29) is 17.2 Å². The number of carboxylic acids is 1. The first-order valence-electron chi connectivity index (χ1n) is 5.62. The summed E-state index contributed by atoms with van der Waals surface area (Å²) in [4.78, 5) is 15.1. The van der Waals surface area contributed by atoms with E-state index in [4.69, 9.17) is 9.84 Å². The van der Waals surface area contributed by atoms with Crippen molar-refractivity contribution < 1.29 is 19.0 Å². The molecule has 1 heterocycles. The summed E-state index contributed by atoms with van der Waals surface area (Å²) >= 11 is 0. The highest BCUT2D eigenvalue weighted by molar-refractivity contribution is 5.90. The van der Waals surface area contributed by atoms with Crippen LogP contribution in [0.1, 0.15) is 21.6 Å². The third kappa shape index (κ3) is 2.88. The molecule has 0 unspecified atom stereocenters. The van der Waals surface area contributed by atoms with Crippen LogP contribution in [0.15, 0.2) is 30.3 Å². The van der Waals surface area contributed by atoms with Gasteiger partial charge in [-0.3, -0.25) is 0 Å². The number of aryl methyl sites for hydroxylation is 2. The predicted octanol–water partition coefficient (Wildman–Crippen LogP) is 3.33. The number of ether oxygens (including phenoxy) is 1. The zero-order chi connectivity index (χ0) is 14.0. The minimum absolute atomic E-state index is 0.0411. The minimum Gasteiger partial charge on any atom is -0.477 e. The van der Waals surface area contributed by atoms with Crippen molar-refractivity contribution >= 4 is 5.97 Å². The molecule has 1 aromatic heterocycles. The lowest BCUT2D eigenvalue weighted by Gasteiger charge is -2.09. The van der Waals surface area contributed by atoms with Crippen molar-refractivity contribution in [3.63, 3.8) is 0 Å². The Morgan fingerprint density at radius 1 is 1.26 bits per heavy atom. The number of aromatic carboxylic acids is 1. The van der Waals surface area contributed by atoms with Gasteiger partial charge in [0.05, 0.1) is 0 Å². The Kier molecular flexibility index (Phi) is 3.46. The first kappa shape index (κ1) is 13.0. The molecule has 0 atom stereocenters. The molecule has 0 aliphatic rings. The third-order valence-electron chi connectivity index (χ3n) is 2.52. The van der Waals surface area contributed by atoms with Crippen LogP contribution in [0.25, 0.3) is 0 Å². The molecule has 0 aliphatic heterocycles. The summed E-state index contributed by atoms with van der Waals surface area (Å²) in [6.45, 7) is 3.49. The molecule has 0 amide bonds. The van der Waals surface area contributed by atoms with Gasteiger partial charge in [-0.2, -0.15) is 0 Å². The van der Waals surface area contributed by atoms with E-state index in [0.29, 0.717) is 5.69 Å². The molecule has 19 heavy (non-hydrogen) atoms. The Morgan fingerprint density at radius 3 is 2.68 bits per heavy atom. The molecule has 0 radical (unpaired) electrons. The predicted molar refractivity (Wildman–Crippen MR) is 67.1 cm³/mol. The van der Waals surface area contributed by atoms with E-state index in [1.54, 1.807) is 26.0 Å². The number of hydrogen-bond donors (Lipinski definition) is 1. The van der Waals surface area contributed by atoms with Gasteiger partial charge < -0.3 is 9.84 Å². The number of aromatic nitrogens is 1. The van der Waals surface area contributed by atoms with Crippen LogP contribution in [0.2, 0.25) is 0 Å². The van der Waals surface area contributed by atoms with Gasteiger partial charge in [0.2, 0.25) is 5.88 Å². The quantitative estimate of drug-likeness (QED) is 0.920. The molecular weight excluding hydrogens is 249 g/mol. The van der Waals surface area contributed by atoms with Gasteiger partial charge in [-0.15, -0.1) is 0 Å². The van der Waals surface area contributed by atoms with Crippen molar-refractivity contribution in [1.29, 1.82) is 0 Å². The van der Waals surface area contributed by atoms with E-state index in [1.165, 1.54) is 18.2 Å². The van der Waals surface area contributed by atoms with Gasteiger partial charge >= 0.3 is 5.97 Å². The van der Waals surface area contributed by atoms with E-state index < -0.39 is 11.8 Å². The number of carbonyl (C=O) groups is 1. The second-order valence-corrected chi connectivity index (χ2v) is 4.15. The third-order valence-corrected chi connectivity index (χ3v) is 2.52. The lowest BCUT2D eigenvalue weighted by molar-refractivity contribution is 0.0693. The maximum atomic E-state index is 13.6. The van der Waals surface area contributed by atoms with Crippen molar-refractivity contribution in [1.82, 2.24) is 4.98 Å². The lowest BCUT2D eigenvalue weighted by atomic mass is 10.2. The summed E-state index contributed by atoms with van der Waals surface area (Å²) in [6, 6.07) is 7.30. The average molecular weight is 261 g/mol. The maximum Gasteiger partial charge on any atom is 0.341 e. The Labute approximate surface area is 109 Å². The molecule has 0 aliphatic carbocycles. The molecule has 0 fully saturated rings. The van der Waals surface area contributed by atoms with Crippen LogP contribution in [0.3, 0.4) is 0 Å². The van der Waals surface area contributed by atoms with Crippen LogP contribution in [0.4, 0.5) is 4.39 Å². The van der Waals surface area contributed by atoms with E-state index in [1.807, 2.05) is 0 Å². The zero-order valence-corrected chi connectivity index (χ0v) is 10.5. The van der Waals surface area contributed by atoms with Gasteiger partial charge in [0, 0.05) is 5.69 Å². The molecule has 2 aromatic rings. The molecule has 5 heteroatoms. The number of pyridine rings is 1. The minimum atomic E-state index is -1.17. The molecule has 0 bridgehead atoms. The fourth-order valence-electron chi connectivity index (χ4n) is 1.57. The summed E-state index contributed by atoms with van der Waals surface area (Å²) in [6.07, 6.45) is 0. The maximum absolute atomic E-state index is 13.6. The van der Waals surface area contributed by atoms with Gasteiger partial charge in [-0.05, 0) is 43.7 Å². The van der Waals surface area contributed by atoms with Crippen LogP contribution in [0, 0.1) is 19.7 Å². The van der Waals surface area contributed by atoms with Crippen LogP contribution in [-0.4, -0.2) is 16.1 Å². The fraction of sp³-hybridized carbons (Fsp3) is 0.143. The van der Waals surface area contributed by atoms with Crippen LogP contribution in [-0.2, 0) is 0 Å². The number of benzene rings is 1. The second kappa shape index (κ2) is 5.06. The highest BCUT2D eigenvalue weighted by Crippen LogP contribution is 2.27. The number of rotatable bonds is 3. The average Bonchev–Trinajstić information content (AvgIpc) is 2.33. The Morgan fingerprint density at radius 2 is 2.00 bits per heavy atom. The topological polar surface area (TPSA) is 59.4 Å². The van der Waals surface area contributed by atoms with Gasteiger partial charge in [-0.25, -0.2) is 14.2 Å². The SMILES string of the molecule is Cc1ccc(F)c(Oc2nc(C)ccc2C(=O)O)c1. The van der Waals surface area contributed by atoms with Crippen molar-refractivity contribution in [2.75, 3.05) is 0 Å². The normalized spacial score (nSPS) is 10.3. The van der Waals surface area contributed by atoms with Gasteiger partial charge in [0.25, 0.3) is 0 Å². The molecule has 2 rings (SSSR count). The molecule has 1 N–H and O–H groups in total. The molecule has 0 saturated heterocycles. The van der Waals surface area contributed by atoms with Crippen LogP contribution in [0.5, 0.6) is 11.6 Å². The standard InChI is InChI=1S/C14H12FNO3/c1-8-3-6-11(15)12(7-8)19-13-10(14(17)18)5-4-9(2)16-13/h3-7H,1-2H3,(H,17,18). The second-order valence-electron chi connectivity index (χ2n) is 4.15. The Hall–Kier alpha value is -2.43. The van der Waals surface area contributed by atoms with Crippen LogP contribution >= 0.6 is 0 Å². The highest BCUT2D eigenvalue weighted by atomic mass is 19.1. The van der Waals surface area contributed by atoms with E-state index >= 15 is 0 Å². The number of nitrogens with zero attached hydrogens (tertiary/aromatic N) is 1. The zero-order valence-electron chi connectivity index (χ0n) is 10.5. The summed E-state index contributed by atoms with van der Waals surface area (Å²) in [5.74, 6) is -1.89. The molecular formula is C14H12FNO3. The van der Waals surface area contributed by atoms with Gasteiger partial charge in [-0.1, -0.05) is 6.07 Å². The number of carboxylic acid groups (broad SMARTS) is 1. The number of hydrogen-bond acceptors (Lipinski definition) is 3. The van der Waals surface area contributed by atoms with E-state index in [0.717, 1.165) is 5.56 Å². The first-order valence-corrected chi connectivity index (χ1v) is 5.62. The lowest BCUT2D eigenvalue weighted by Crippen LogP contribution is -2.03. The molecule has 0 spiro atoms. The van der Waals surface area contributed by atoms with Crippen molar-refractivity contribution in [3.8, 4) is 11.6 Å². The van der Waals surface area contributed by atoms with Crippen LogP contribution < -0.4 is 4.74 Å². The molecule has 1 aromatic carbocycles. The molecule has 98 valence electrons. The summed E-state index contributed by atoms with van der Waals surface area (Å²) in [5.41, 5.74) is 1.29. The van der Waals surface area contributed by atoms with Gasteiger partial charge in [0.1, 0.15) is 5.56 Å². The summed E-state index contributed by atoms with van der Waals surface area (Å²) in [5, 5.41) is 9.04. The largest absolute Gasteiger partial charge is 0.477 e. The monoisotopic (exact) mass is 261 g/mol. The number of halogens is 1. The smallest absolute Gasteiger partial charge is 0.341 e. The highest BCUT2D eigenvalue weighted by Gasteiger charge is 2.15. The van der Waals surface area contributed by atoms with Crippen molar-refractivity contribution in [3.05, 3.63) is 53.0 Å². The van der Waals surface area contributed by atoms with Crippen molar-refractivity contribution in [2.24, 2.45) is 0 Å². The molecule has 0 saturated carbocycles. The first-order chi connectivity index (χ1) is 8.97. The fourth-order valence-corrected chi connectivity index (χ4v) is 1.57. The summed E-state index contributed by atoms with van der Waals surface area (Å²) in [7, 11) is 0. The van der Waals surface area contributed by atoms with Gasteiger partial charge in [0.15, 0.2) is 11.6 Å².